The van der Waals surface area contributed by atoms with Crippen LogP contribution in [-0.2, 0) is 11.2 Å². The molecule has 0 saturated heterocycles. The molecule has 100 valence electrons. The lowest BCUT2D eigenvalue weighted by molar-refractivity contribution is -0.117. The van der Waals surface area contributed by atoms with Gasteiger partial charge in [0.05, 0.1) is 14.2 Å². The first kappa shape index (κ1) is 15.0. The number of methoxy groups -OCH3 is 2. The summed E-state index contributed by atoms with van der Waals surface area (Å²) in [5, 5.41) is 0. The molecule has 1 rings (SSSR count). The highest BCUT2D eigenvalue weighted by atomic mass is 79.9. The van der Waals surface area contributed by atoms with Crippen molar-refractivity contribution in [2.75, 3.05) is 14.2 Å². The zero-order chi connectivity index (χ0) is 13.7. The summed E-state index contributed by atoms with van der Waals surface area (Å²) < 4.78 is 11.5. The van der Waals surface area contributed by atoms with E-state index in [9.17, 15) is 4.79 Å². The summed E-state index contributed by atoms with van der Waals surface area (Å²) in [7, 11) is 3.23. The molecule has 0 fully saturated rings. The highest BCUT2D eigenvalue weighted by Gasteiger charge is 2.13. The third kappa shape index (κ3) is 4.02. The van der Waals surface area contributed by atoms with Crippen LogP contribution in [0.3, 0.4) is 0 Å². The average Bonchev–Trinajstić information content (AvgIpc) is 2.30. The zero-order valence-electron chi connectivity index (χ0n) is 11.2. The highest BCUT2D eigenvalue weighted by Crippen LogP contribution is 2.34. The quantitative estimate of drug-likeness (QED) is 0.804. The van der Waals surface area contributed by atoms with Crippen LogP contribution in [0.15, 0.2) is 16.6 Å². The van der Waals surface area contributed by atoms with Crippen LogP contribution in [0, 0.1) is 5.92 Å². The van der Waals surface area contributed by atoms with Crippen molar-refractivity contribution in [2.24, 2.45) is 5.92 Å². The second-order valence-electron chi connectivity index (χ2n) is 4.51. The van der Waals surface area contributed by atoms with Crippen LogP contribution in [0.2, 0.25) is 0 Å². The standard InChI is InChI=1S/C14H19BrO3/c1-9(5-10(2)16)6-11-7-13(17-3)14(18-4)8-12(11)15/h7-9H,5-6H2,1-4H3. The summed E-state index contributed by atoms with van der Waals surface area (Å²) in [5.74, 6) is 1.95. The number of rotatable bonds is 6. The minimum atomic E-state index is 0.221. The number of hydrogen-bond acceptors (Lipinski definition) is 3. The molecule has 1 aromatic rings. The Labute approximate surface area is 117 Å². The second kappa shape index (κ2) is 6.78. The molecule has 0 bridgehead atoms. The monoisotopic (exact) mass is 314 g/mol. The minimum absolute atomic E-state index is 0.221. The van der Waals surface area contributed by atoms with Gasteiger partial charge >= 0.3 is 0 Å². The van der Waals surface area contributed by atoms with Gasteiger partial charge in [-0.3, -0.25) is 0 Å². The Balaban J connectivity index is 2.92. The van der Waals surface area contributed by atoms with Crippen molar-refractivity contribution in [3.8, 4) is 11.5 Å². The number of halogens is 1. The fourth-order valence-electron chi connectivity index (χ4n) is 1.99. The van der Waals surface area contributed by atoms with Crippen molar-refractivity contribution >= 4 is 21.7 Å². The van der Waals surface area contributed by atoms with Gasteiger partial charge in [-0.15, -0.1) is 0 Å². The highest BCUT2D eigenvalue weighted by molar-refractivity contribution is 9.10. The van der Waals surface area contributed by atoms with E-state index in [2.05, 4.69) is 22.9 Å². The first-order valence-electron chi connectivity index (χ1n) is 5.87. The summed E-state index contributed by atoms with van der Waals surface area (Å²) in [6, 6.07) is 3.86. The molecule has 1 aromatic carbocycles. The summed E-state index contributed by atoms with van der Waals surface area (Å²) in [5.41, 5.74) is 1.13. The molecule has 1 atom stereocenters. The van der Waals surface area contributed by atoms with Crippen molar-refractivity contribution in [3.63, 3.8) is 0 Å². The molecule has 18 heavy (non-hydrogen) atoms. The van der Waals surface area contributed by atoms with E-state index in [0.29, 0.717) is 23.8 Å². The Bertz CT molecular complexity index is 429. The zero-order valence-corrected chi connectivity index (χ0v) is 12.8. The van der Waals surface area contributed by atoms with E-state index >= 15 is 0 Å². The van der Waals surface area contributed by atoms with Gasteiger partial charge in [0, 0.05) is 10.9 Å². The largest absolute Gasteiger partial charge is 0.493 e. The molecule has 0 aliphatic heterocycles. The molecule has 0 amide bonds. The fraction of sp³-hybridized carbons (Fsp3) is 0.500. The molecule has 0 saturated carbocycles. The third-order valence-corrected chi connectivity index (χ3v) is 3.50. The van der Waals surface area contributed by atoms with Crippen LogP contribution in [0.25, 0.3) is 0 Å². The lowest BCUT2D eigenvalue weighted by Gasteiger charge is -2.14. The summed E-state index contributed by atoms with van der Waals surface area (Å²) >= 11 is 3.53. The summed E-state index contributed by atoms with van der Waals surface area (Å²) in [6.07, 6.45) is 1.43. The van der Waals surface area contributed by atoms with Gasteiger partial charge in [-0.25, -0.2) is 0 Å². The van der Waals surface area contributed by atoms with Crippen molar-refractivity contribution in [3.05, 3.63) is 22.2 Å². The SMILES string of the molecule is COc1cc(Br)c(CC(C)CC(C)=O)cc1OC. The molecule has 3 nitrogen and oxygen atoms in total. The van der Waals surface area contributed by atoms with E-state index in [1.807, 2.05) is 12.1 Å². The average molecular weight is 315 g/mol. The molecule has 0 aromatic heterocycles. The lowest BCUT2D eigenvalue weighted by Crippen LogP contribution is -2.06. The van der Waals surface area contributed by atoms with Crippen LogP contribution in [0.4, 0.5) is 0 Å². The lowest BCUT2D eigenvalue weighted by atomic mass is 9.96. The Morgan fingerprint density at radius 3 is 2.33 bits per heavy atom. The van der Waals surface area contributed by atoms with Gasteiger partial charge in [0.25, 0.3) is 0 Å². The van der Waals surface area contributed by atoms with E-state index in [0.717, 1.165) is 16.5 Å². The fourth-order valence-corrected chi connectivity index (χ4v) is 2.48. The Hall–Kier alpha value is -1.03. The van der Waals surface area contributed by atoms with Crippen molar-refractivity contribution < 1.29 is 14.3 Å². The summed E-state index contributed by atoms with van der Waals surface area (Å²) in [4.78, 5) is 11.1. The van der Waals surface area contributed by atoms with Gasteiger partial charge in [-0.2, -0.15) is 0 Å². The molecule has 0 aliphatic rings. The number of Topliss-reactive ketones (excluding diaryl/α,β-unsaturated/α-hetero) is 1. The smallest absolute Gasteiger partial charge is 0.161 e. The Morgan fingerprint density at radius 2 is 1.83 bits per heavy atom. The number of benzene rings is 1. The van der Waals surface area contributed by atoms with Gasteiger partial charge in [0.1, 0.15) is 5.78 Å². The molecule has 0 N–H and O–H groups in total. The topological polar surface area (TPSA) is 35.5 Å². The molecular weight excluding hydrogens is 296 g/mol. The molecule has 0 aliphatic carbocycles. The maximum absolute atomic E-state index is 11.1. The molecule has 0 spiro atoms. The predicted octanol–water partition coefficient (Wildman–Crippen LogP) is 3.62. The first-order valence-corrected chi connectivity index (χ1v) is 6.67. The van der Waals surface area contributed by atoms with Crippen molar-refractivity contribution in [1.82, 2.24) is 0 Å². The molecule has 0 radical (unpaired) electrons. The van der Waals surface area contributed by atoms with Crippen LogP contribution >= 0.6 is 15.9 Å². The molecule has 0 heterocycles. The number of ether oxygens (including phenoxy) is 2. The van der Waals surface area contributed by atoms with E-state index < -0.39 is 0 Å². The predicted molar refractivity (Wildman–Crippen MR) is 75.4 cm³/mol. The van der Waals surface area contributed by atoms with Crippen LogP contribution < -0.4 is 9.47 Å². The number of ketones is 1. The van der Waals surface area contributed by atoms with Gasteiger partial charge in [0.2, 0.25) is 0 Å². The van der Waals surface area contributed by atoms with E-state index in [1.165, 1.54) is 0 Å². The van der Waals surface area contributed by atoms with Gasteiger partial charge in [-0.1, -0.05) is 22.9 Å². The second-order valence-corrected chi connectivity index (χ2v) is 5.37. The number of hydrogen-bond donors (Lipinski definition) is 0. The van der Waals surface area contributed by atoms with Gasteiger partial charge in [0.15, 0.2) is 11.5 Å². The van der Waals surface area contributed by atoms with Crippen LogP contribution in [-0.4, -0.2) is 20.0 Å². The molecular formula is C14H19BrO3. The maximum atomic E-state index is 11.1. The maximum Gasteiger partial charge on any atom is 0.161 e. The van der Waals surface area contributed by atoms with E-state index in [4.69, 9.17) is 9.47 Å². The van der Waals surface area contributed by atoms with Crippen LogP contribution in [0.5, 0.6) is 11.5 Å². The normalized spacial score (nSPS) is 12.1. The Morgan fingerprint density at radius 1 is 1.28 bits per heavy atom. The van der Waals surface area contributed by atoms with Crippen molar-refractivity contribution in [2.45, 2.75) is 26.7 Å². The third-order valence-electron chi connectivity index (χ3n) is 2.76. The molecule has 4 heteroatoms. The minimum Gasteiger partial charge on any atom is -0.493 e. The number of carbonyl (C=O) groups is 1. The molecule has 1 unspecified atom stereocenters. The van der Waals surface area contributed by atoms with E-state index in [-0.39, 0.29) is 5.78 Å². The van der Waals surface area contributed by atoms with Gasteiger partial charge in [-0.05, 0) is 37.0 Å². The van der Waals surface area contributed by atoms with Crippen LogP contribution in [0.1, 0.15) is 25.8 Å². The van der Waals surface area contributed by atoms with Crippen molar-refractivity contribution in [1.29, 1.82) is 0 Å². The van der Waals surface area contributed by atoms with Gasteiger partial charge < -0.3 is 14.3 Å². The summed E-state index contributed by atoms with van der Waals surface area (Å²) in [6.45, 7) is 3.70. The van der Waals surface area contributed by atoms with E-state index in [1.54, 1.807) is 21.1 Å². The number of carbonyl (C=O) groups excluding carboxylic acids is 1. The Kier molecular flexibility index (Phi) is 5.66. The first-order chi connectivity index (χ1) is 8.47.